The van der Waals surface area contributed by atoms with Crippen LogP contribution in [-0.4, -0.2) is 42.0 Å². The van der Waals surface area contributed by atoms with Crippen LogP contribution in [0, 0.1) is 11.8 Å². The summed E-state index contributed by atoms with van der Waals surface area (Å²) < 4.78 is 10.4. The van der Waals surface area contributed by atoms with Crippen molar-refractivity contribution < 1.29 is 24.2 Å². The van der Waals surface area contributed by atoms with E-state index in [4.69, 9.17) is 9.47 Å². The average Bonchev–Trinajstić information content (AvgIpc) is 2.93. The fourth-order valence-electron chi connectivity index (χ4n) is 3.84. The molecule has 0 aromatic heterocycles. The number of hydrogen-bond acceptors (Lipinski definition) is 6. The van der Waals surface area contributed by atoms with Gasteiger partial charge in [-0.15, -0.1) is 0 Å². The fraction of sp³-hybridized carbons (Fsp3) is 0.500. The predicted octanol–water partition coefficient (Wildman–Crippen LogP) is 1.21. The van der Waals surface area contributed by atoms with Crippen molar-refractivity contribution in [2.24, 2.45) is 16.9 Å². The summed E-state index contributed by atoms with van der Waals surface area (Å²) in [5.74, 6) is -2.12. The van der Waals surface area contributed by atoms with Crippen LogP contribution in [0.5, 0.6) is 5.75 Å². The van der Waals surface area contributed by atoms with E-state index in [0.29, 0.717) is 11.5 Å². The van der Waals surface area contributed by atoms with Gasteiger partial charge in [0.1, 0.15) is 5.75 Å². The maximum absolute atomic E-state index is 12.6. The SMILES string of the molecule is CCOC(=O)[C@@H]1[C@H](c2ccc(OC)cc2)[C@@H]2C(=O)NN=C2C[C@]1(C)O. The first-order valence-corrected chi connectivity index (χ1v) is 8.28. The number of methoxy groups -OCH3 is 1. The van der Waals surface area contributed by atoms with Crippen LogP contribution in [0.2, 0.25) is 0 Å². The number of nitrogens with one attached hydrogen (secondary N) is 1. The molecular formula is C18H22N2O5. The maximum Gasteiger partial charge on any atom is 0.312 e. The number of ether oxygens (including phenoxy) is 2. The number of hydrogen-bond donors (Lipinski definition) is 2. The summed E-state index contributed by atoms with van der Waals surface area (Å²) in [6.45, 7) is 3.51. The van der Waals surface area contributed by atoms with Gasteiger partial charge in [-0.3, -0.25) is 9.59 Å². The molecule has 2 aliphatic rings. The van der Waals surface area contributed by atoms with Crippen molar-refractivity contribution >= 4 is 17.6 Å². The van der Waals surface area contributed by atoms with Crippen LogP contribution in [-0.2, 0) is 14.3 Å². The van der Waals surface area contributed by atoms with E-state index in [-0.39, 0.29) is 18.9 Å². The minimum atomic E-state index is -1.36. The lowest BCUT2D eigenvalue weighted by Gasteiger charge is -2.43. The summed E-state index contributed by atoms with van der Waals surface area (Å²) in [6, 6.07) is 7.15. The Kier molecular flexibility index (Phi) is 4.51. The van der Waals surface area contributed by atoms with Gasteiger partial charge in [0.05, 0.1) is 36.9 Å². The van der Waals surface area contributed by atoms with Gasteiger partial charge >= 0.3 is 5.97 Å². The van der Waals surface area contributed by atoms with E-state index < -0.39 is 29.3 Å². The molecule has 0 saturated heterocycles. The smallest absolute Gasteiger partial charge is 0.312 e. The highest BCUT2D eigenvalue weighted by Gasteiger charge is 2.57. The third-order valence-electron chi connectivity index (χ3n) is 4.92. The molecule has 1 saturated carbocycles. The van der Waals surface area contributed by atoms with Crippen molar-refractivity contribution in [3.63, 3.8) is 0 Å². The number of rotatable bonds is 4. The molecule has 1 fully saturated rings. The second-order valence-corrected chi connectivity index (χ2v) is 6.62. The largest absolute Gasteiger partial charge is 0.497 e. The maximum atomic E-state index is 12.6. The van der Waals surface area contributed by atoms with Crippen LogP contribution in [0.4, 0.5) is 0 Å². The topological polar surface area (TPSA) is 97.2 Å². The summed E-state index contributed by atoms with van der Waals surface area (Å²) in [6.07, 6.45) is 0.145. The van der Waals surface area contributed by atoms with E-state index in [9.17, 15) is 14.7 Å². The third-order valence-corrected chi connectivity index (χ3v) is 4.92. The van der Waals surface area contributed by atoms with E-state index >= 15 is 0 Å². The molecule has 4 atom stereocenters. The van der Waals surface area contributed by atoms with Crippen LogP contribution in [0.1, 0.15) is 31.7 Å². The van der Waals surface area contributed by atoms with Gasteiger partial charge in [-0.25, -0.2) is 5.43 Å². The molecular weight excluding hydrogens is 324 g/mol. The van der Waals surface area contributed by atoms with E-state index in [2.05, 4.69) is 10.5 Å². The third kappa shape index (κ3) is 3.00. The Morgan fingerprint density at radius 2 is 2.08 bits per heavy atom. The fourth-order valence-corrected chi connectivity index (χ4v) is 3.84. The normalized spacial score (nSPS) is 31.0. The number of aliphatic hydroxyl groups is 1. The van der Waals surface area contributed by atoms with Crippen molar-refractivity contribution in [2.75, 3.05) is 13.7 Å². The Hall–Kier alpha value is -2.41. The Balaban J connectivity index is 2.09. The minimum Gasteiger partial charge on any atom is -0.497 e. The van der Waals surface area contributed by atoms with Crippen molar-refractivity contribution in [2.45, 2.75) is 31.8 Å². The molecule has 25 heavy (non-hydrogen) atoms. The highest BCUT2D eigenvalue weighted by Crippen LogP contribution is 2.47. The molecule has 0 unspecified atom stereocenters. The molecule has 1 aromatic carbocycles. The zero-order valence-electron chi connectivity index (χ0n) is 14.5. The molecule has 7 heteroatoms. The summed E-state index contributed by atoms with van der Waals surface area (Å²) in [4.78, 5) is 25.0. The molecule has 0 radical (unpaired) electrons. The van der Waals surface area contributed by atoms with Crippen LogP contribution < -0.4 is 10.2 Å². The van der Waals surface area contributed by atoms with Crippen LogP contribution in [0.15, 0.2) is 29.4 Å². The van der Waals surface area contributed by atoms with Crippen LogP contribution in [0.25, 0.3) is 0 Å². The molecule has 2 N–H and O–H groups in total. The Labute approximate surface area is 146 Å². The zero-order chi connectivity index (χ0) is 18.2. The van der Waals surface area contributed by atoms with Gasteiger partial charge in [0.15, 0.2) is 0 Å². The van der Waals surface area contributed by atoms with Gasteiger partial charge in [-0.05, 0) is 31.5 Å². The second-order valence-electron chi connectivity index (χ2n) is 6.62. The molecule has 1 aliphatic carbocycles. The number of benzene rings is 1. The van der Waals surface area contributed by atoms with Gasteiger partial charge in [-0.1, -0.05) is 12.1 Å². The van der Waals surface area contributed by atoms with E-state index in [1.165, 1.54) is 0 Å². The molecule has 0 spiro atoms. The van der Waals surface area contributed by atoms with Gasteiger partial charge < -0.3 is 14.6 Å². The Bertz CT molecular complexity index is 711. The molecule has 1 aliphatic heterocycles. The summed E-state index contributed by atoms with van der Waals surface area (Å²) in [7, 11) is 1.57. The zero-order valence-corrected chi connectivity index (χ0v) is 14.5. The van der Waals surface area contributed by atoms with Gasteiger partial charge in [-0.2, -0.15) is 5.10 Å². The lowest BCUT2D eigenvalue weighted by molar-refractivity contribution is -0.160. The number of esters is 1. The Morgan fingerprint density at radius 1 is 1.40 bits per heavy atom. The lowest BCUT2D eigenvalue weighted by Crippen LogP contribution is -2.54. The molecule has 1 amide bonds. The highest BCUT2D eigenvalue weighted by molar-refractivity contribution is 6.10. The standard InChI is InChI=1S/C18H22N2O5/c1-4-25-17(22)15-13(10-5-7-11(24-3)8-6-10)14-12(9-18(15,2)23)19-20-16(14)21/h5-8,13-15,23H,4,9H2,1-3H3,(H,20,21)/t13-,14-,15+,18+/m1/s1. The second kappa shape index (κ2) is 6.48. The van der Waals surface area contributed by atoms with E-state index in [0.717, 1.165) is 5.56 Å². The number of hydrazone groups is 1. The van der Waals surface area contributed by atoms with E-state index in [1.807, 2.05) is 0 Å². The molecule has 0 bridgehead atoms. The molecule has 134 valence electrons. The quantitative estimate of drug-likeness (QED) is 0.799. The van der Waals surface area contributed by atoms with Crippen LogP contribution >= 0.6 is 0 Å². The monoisotopic (exact) mass is 346 g/mol. The van der Waals surface area contributed by atoms with Gasteiger partial charge in [0.25, 0.3) is 0 Å². The van der Waals surface area contributed by atoms with Crippen LogP contribution in [0.3, 0.4) is 0 Å². The van der Waals surface area contributed by atoms with Crippen molar-refractivity contribution in [1.29, 1.82) is 0 Å². The van der Waals surface area contributed by atoms with Crippen molar-refractivity contribution in [3.8, 4) is 5.75 Å². The number of fused-ring (bicyclic) bond motifs is 1. The minimum absolute atomic E-state index is 0.145. The van der Waals surface area contributed by atoms with Gasteiger partial charge in [0, 0.05) is 12.3 Å². The first kappa shape index (κ1) is 17.4. The molecule has 3 rings (SSSR count). The number of nitrogens with zero attached hydrogens (tertiary/aromatic N) is 1. The average molecular weight is 346 g/mol. The first-order chi connectivity index (χ1) is 11.9. The van der Waals surface area contributed by atoms with Crippen molar-refractivity contribution in [3.05, 3.63) is 29.8 Å². The summed E-state index contributed by atoms with van der Waals surface area (Å²) in [5, 5.41) is 15.0. The summed E-state index contributed by atoms with van der Waals surface area (Å²) in [5.41, 5.74) is 2.44. The molecule has 1 heterocycles. The number of carbonyl (C=O) groups excluding carboxylic acids is 2. The number of amides is 1. The Morgan fingerprint density at radius 3 is 2.68 bits per heavy atom. The lowest BCUT2D eigenvalue weighted by atomic mass is 9.61. The summed E-state index contributed by atoms with van der Waals surface area (Å²) >= 11 is 0. The highest BCUT2D eigenvalue weighted by atomic mass is 16.5. The van der Waals surface area contributed by atoms with E-state index in [1.54, 1.807) is 45.2 Å². The van der Waals surface area contributed by atoms with Crippen molar-refractivity contribution in [1.82, 2.24) is 5.43 Å². The number of carbonyl (C=O) groups is 2. The molecule has 7 nitrogen and oxygen atoms in total. The first-order valence-electron chi connectivity index (χ1n) is 8.28. The molecule has 1 aromatic rings. The van der Waals surface area contributed by atoms with Gasteiger partial charge in [0.2, 0.25) is 5.91 Å². The predicted molar refractivity (Wildman–Crippen MR) is 90.2 cm³/mol.